The van der Waals surface area contributed by atoms with Crippen LogP contribution in [0.15, 0.2) is 24.3 Å². The lowest BCUT2D eigenvalue weighted by molar-refractivity contribution is -0.141. The molecule has 1 aromatic carbocycles. The number of carbonyl (C=O) groups excluding carboxylic acids is 1. The van der Waals surface area contributed by atoms with E-state index in [1.165, 1.54) is 19.1 Å². The van der Waals surface area contributed by atoms with E-state index in [9.17, 15) is 14.0 Å². The van der Waals surface area contributed by atoms with Crippen LogP contribution in [0.4, 0.5) is 4.39 Å². The van der Waals surface area contributed by atoms with Crippen LogP contribution < -0.4 is 5.32 Å². The highest BCUT2D eigenvalue weighted by Gasteiger charge is 2.17. The molecule has 0 aliphatic heterocycles. The van der Waals surface area contributed by atoms with Crippen LogP contribution in [0.2, 0.25) is 0 Å². The summed E-state index contributed by atoms with van der Waals surface area (Å²) in [5, 5.41) is 11.0. The predicted octanol–water partition coefficient (Wildman–Crippen LogP) is 1.91. The van der Waals surface area contributed by atoms with Crippen LogP contribution >= 0.6 is 0 Å². The maximum Gasteiger partial charge on any atom is 0.325 e. The molecule has 18 heavy (non-hydrogen) atoms. The predicted molar refractivity (Wildman–Crippen MR) is 64.7 cm³/mol. The zero-order valence-corrected chi connectivity index (χ0v) is 10.3. The molecule has 98 valence electrons. The Bertz CT molecular complexity index is 448. The van der Waals surface area contributed by atoms with Crippen molar-refractivity contribution in [1.82, 2.24) is 5.32 Å². The zero-order chi connectivity index (χ0) is 13.7. The third kappa shape index (κ3) is 4.16. The van der Waals surface area contributed by atoms with Crippen molar-refractivity contribution in [1.29, 1.82) is 0 Å². The number of nitrogens with one attached hydrogen (secondary N) is 1. The topological polar surface area (TPSA) is 66.4 Å². The van der Waals surface area contributed by atoms with Gasteiger partial charge in [-0.3, -0.25) is 9.59 Å². The molecule has 0 saturated carbocycles. The summed E-state index contributed by atoms with van der Waals surface area (Å²) in [5.41, 5.74) is 0.716. The van der Waals surface area contributed by atoms with Gasteiger partial charge in [-0.1, -0.05) is 19.1 Å². The van der Waals surface area contributed by atoms with Gasteiger partial charge in [0.2, 0.25) is 5.91 Å². The van der Waals surface area contributed by atoms with Gasteiger partial charge in [0, 0.05) is 6.42 Å². The molecule has 5 heteroatoms. The van der Waals surface area contributed by atoms with E-state index in [0.717, 1.165) is 0 Å². The van der Waals surface area contributed by atoms with Gasteiger partial charge < -0.3 is 10.4 Å². The number of hydrogen-bond donors (Lipinski definition) is 2. The Hall–Kier alpha value is -1.91. The van der Waals surface area contributed by atoms with Crippen molar-refractivity contribution in [3.63, 3.8) is 0 Å². The number of carbonyl (C=O) groups is 2. The molecular formula is C13H16FNO3. The molecule has 0 heterocycles. The number of aliphatic carboxylic acids is 1. The first-order valence-electron chi connectivity index (χ1n) is 5.67. The maximum atomic E-state index is 13.0. The summed E-state index contributed by atoms with van der Waals surface area (Å²) in [6.07, 6.45) is 0.126. The second-order valence-corrected chi connectivity index (χ2v) is 4.29. The first-order valence-corrected chi connectivity index (χ1v) is 5.67. The monoisotopic (exact) mass is 253 g/mol. The zero-order valence-electron chi connectivity index (χ0n) is 10.3. The Morgan fingerprint density at radius 1 is 1.39 bits per heavy atom. The van der Waals surface area contributed by atoms with Gasteiger partial charge in [-0.2, -0.15) is 0 Å². The molecule has 2 atom stereocenters. The lowest BCUT2D eigenvalue weighted by Gasteiger charge is -2.14. The first kappa shape index (κ1) is 14.2. The molecule has 2 N–H and O–H groups in total. The lowest BCUT2D eigenvalue weighted by atomic mass is 9.97. The molecule has 1 unspecified atom stereocenters. The molecule has 4 nitrogen and oxygen atoms in total. The third-order valence-corrected chi connectivity index (χ3v) is 2.66. The minimum Gasteiger partial charge on any atom is -0.480 e. The van der Waals surface area contributed by atoms with Gasteiger partial charge in [0.05, 0.1) is 0 Å². The quantitative estimate of drug-likeness (QED) is 0.842. The normalized spacial score (nSPS) is 13.7. The number of halogens is 1. The van der Waals surface area contributed by atoms with E-state index in [4.69, 9.17) is 5.11 Å². The average molecular weight is 253 g/mol. The van der Waals surface area contributed by atoms with Crippen LogP contribution in [-0.4, -0.2) is 23.0 Å². The van der Waals surface area contributed by atoms with Crippen molar-refractivity contribution >= 4 is 11.9 Å². The van der Waals surface area contributed by atoms with Gasteiger partial charge in [0.25, 0.3) is 0 Å². The van der Waals surface area contributed by atoms with E-state index in [0.29, 0.717) is 5.56 Å². The highest BCUT2D eigenvalue weighted by molar-refractivity contribution is 5.83. The number of carboxylic acid groups (broad SMARTS) is 1. The smallest absolute Gasteiger partial charge is 0.325 e. The molecule has 0 bridgehead atoms. The molecule has 0 aliphatic rings. The molecule has 0 aliphatic carbocycles. The maximum absolute atomic E-state index is 13.0. The Labute approximate surface area is 105 Å². The van der Waals surface area contributed by atoms with E-state index in [2.05, 4.69) is 5.32 Å². The molecule has 1 amide bonds. The molecule has 1 rings (SSSR count). The highest BCUT2D eigenvalue weighted by Crippen LogP contribution is 2.19. The average Bonchev–Trinajstić information content (AvgIpc) is 2.28. The van der Waals surface area contributed by atoms with Gasteiger partial charge in [-0.25, -0.2) is 4.39 Å². The number of amides is 1. The summed E-state index contributed by atoms with van der Waals surface area (Å²) >= 11 is 0. The van der Waals surface area contributed by atoms with Crippen molar-refractivity contribution in [2.24, 2.45) is 0 Å². The van der Waals surface area contributed by atoms with Crippen LogP contribution in [-0.2, 0) is 9.59 Å². The summed E-state index contributed by atoms with van der Waals surface area (Å²) in [6.45, 7) is 3.19. The summed E-state index contributed by atoms with van der Waals surface area (Å²) in [5.74, 6) is -1.95. The highest BCUT2D eigenvalue weighted by atomic mass is 19.1. The minimum atomic E-state index is -1.08. The van der Waals surface area contributed by atoms with Crippen molar-refractivity contribution in [2.45, 2.75) is 32.2 Å². The second kappa shape index (κ2) is 6.14. The number of carboxylic acids is 1. The minimum absolute atomic E-state index is 0.126. The molecule has 0 aromatic heterocycles. The fourth-order valence-electron chi connectivity index (χ4n) is 1.57. The largest absolute Gasteiger partial charge is 0.480 e. The third-order valence-electron chi connectivity index (χ3n) is 2.66. The van der Waals surface area contributed by atoms with Crippen molar-refractivity contribution in [3.05, 3.63) is 35.6 Å². The molecule has 1 aromatic rings. The van der Waals surface area contributed by atoms with Gasteiger partial charge in [-0.15, -0.1) is 0 Å². The fourth-order valence-corrected chi connectivity index (χ4v) is 1.57. The van der Waals surface area contributed by atoms with Crippen molar-refractivity contribution in [2.75, 3.05) is 0 Å². The first-order chi connectivity index (χ1) is 8.40. The summed E-state index contributed by atoms with van der Waals surface area (Å²) in [4.78, 5) is 22.1. The van der Waals surface area contributed by atoms with Crippen molar-refractivity contribution < 1.29 is 19.1 Å². The number of rotatable bonds is 5. The summed E-state index contributed by atoms with van der Waals surface area (Å²) in [6, 6.07) is 5.11. The lowest BCUT2D eigenvalue weighted by Crippen LogP contribution is -2.38. The van der Waals surface area contributed by atoms with Gasteiger partial charge in [0.1, 0.15) is 11.9 Å². The van der Waals surface area contributed by atoms with E-state index in [1.54, 1.807) is 19.1 Å². The molecule has 0 saturated heterocycles. The van der Waals surface area contributed by atoms with Gasteiger partial charge in [-0.05, 0) is 30.5 Å². The fraction of sp³-hybridized carbons (Fsp3) is 0.385. The standard InChI is InChI=1S/C13H16FNO3/c1-8(10-4-3-5-11(14)7-10)6-12(16)15-9(2)13(17)18/h3-5,7-9H,6H2,1-2H3,(H,15,16)(H,17,18)/t8?,9-/m1/s1. The SMILES string of the molecule is CC(CC(=O)N[C@H](C)C(=O)O)c1cccc(F)c1. The number of hydrogen-bond acceptors (Lipinski definition) is 2. The summed E-state index contributed by atoms with van der Waals surface area (Å²) < 4.78 is 13.0. The number of benzene rings is 1. The van der Waals surface area contributed by atoms with Gasteiger partial charge >= 0.3 is 5.97 Å². The Morgan fingerprint density at radius 3 is 2.61 bits per heavy atom. The van der Waals surface area contributed by atoms with E-state index in [1.807, 2.05) is 0 Å². The second-order valence-electron chi connectivity index (χ2n) is 4.29. The Balaban J connectivity index is 2.57. The van der Waals surface area contributed by atoms with Crippen LogP contribution in [0.3, 0.4) is 0 Å². The summed E-state index contributed by atoms with van der Waals surface area (Å²) in [7, 11) is 0. The Morgan fingerprint density at radius 2 is 2.06 bits per heavy atom. The van der Waals surface area contributed by atoms with Crippen LogP contribution in [0.5, 0.6) is 0 Å². The van der Waals surface area contributed by atoms with Crippen LogP contribution in [0.1, 0.15) is 31.7 Å². The van der Waals surface area contributed by atoms with Crippen molar-refractivity contribution in [3.8, 4) is 0 Å². The van der Waals surface area contributed by atoms with Crippen LogP contribution in [0.25, 0.3) is 0 Å². The molecular weight excluding hydrogens is 237 g/mol. The molecule has 0 fully saturated rings. The van der Waals surface area contributed by atoms with E-state index < -0.39 is 12.0 Å². The molecule has 0 spiro atoms. The Kier molecular flexibility index (Phi) is 4.83. The molecule has 0 radical (unpaired) electrons. The van der Waals surface area contributed by atoms with E-state index in [-0.39, 0.29) is 24.1 Å². The van der Waals surface area contributed by atoms with Gasteiger partial charge in [0.15, 0.2) is 0 Å². The van der Waals surface area contributed by atoms with Crippen LogP contribution in [0, 0.1) is 5.82 Å². The van der Waals surface area contributed by atoms with E-state index >= 15 is 0 Å².